The summed E-state index contributed by atoms with van der Waals surface area (Å²) in [5.74, 6) is 0. The van der Waals surface area contributed by atoms with Gasteiger partial charge in [-0.05, 0) is 46.3 Å². The largest absolute Gasteiger partial charge is 0.224 e. The van der Waals surface area contributed by atoms with Crippen LogP contribution in [0.25, 0.3) is 31.7 Å². The lowest BCUT2D eigenvalue weighted by atomic mass is 9.98. The van der Waals surface area contributed by atoms with Crippen LogP contribution < -0.4 is 0 Å². The summed E-state index contributed by atoms with van der Waals surface area (Å²) in [5, 5.41) is 1.24. The van der Waals surface area contributed by atoms with E-state index < -0.39 is 9.84 Å². The summed E-state index contributed by atoms with van der Waals surface area (Å²) < 4.78 is 24.6. The third-order valence-electron chi connectivity index (χ3n) is 4.21. The molecule has 0 aliphatic heterocycles. The van der Waals surface area contributed by atoms with Crippen molar-refractivity contribution in [1.82, 2.24) is 0 Å². The van der Waals surface area contributed by atoms with Gasteiger partial charge in [-0.2, -0.15) is 0 Å². The van der Waals surface area contributed by atoms with Crippen LogP contribution in [0.1, 0.15) is 0 Å². The van der Waals surface area contributed by atoms with Crippen LogP contribution in [-0.2, 0) is 9.84 Å². The van der Waals surface area contributed by atoms with Crippen molar-refractivity contribution in [2.75, 3.05) is 6.26 Å². The highest BCUT2D eigenvalue weighted by Crippen LogP contribution is 2.38. The minimum absolute atomic E-state index is 0.343. The number of benzene rings is 3. The molecule has 0 saturated heterocycles. The molecule has 0 fully saturated rings. The number of sulfone groups is 1. The van der Waals surface area contributed by atoms with Gasteiger partial charge in [-0.25, -0.2) is 8.42 Å². The molecule has 0 atom stereocenters. The molecule has 1 heterocycles. The first-order valence-corrected chi connectivity index (χ1v) is 10.6. The second-order valence-electron chi connectivity index (χ2n) is 5.99. The average molecular weight is 364 g/mol. The van der Waals surface area contributed by atoms with Crippen molar-refractivity contribution in [3.8, 4) is 21.6 Å². The van der Waals surface area contributed by atoms with Crippen LogP contribution in [0.15, 0.2) is 83.8 Å². The number of hydrogen-bond acceptors (Lipinski definition) is 3. The number of hydrogen-bond donors (Lipinski definition) is 0. The van der Waals surface area contributed by atoms with Crippen molar-refractivity contribution in [3.63, 3.8) is 0 Å². The van der Waals surface area contributed by atoms with Crippen molar-refractivity contribution < 1.29 is 8.42 Å². The maximum Gasteiger partial charge on any atom is 0.175 e. The van der Waals surface area contributed by atoms with E-state index in [9.17, 15) is 8.42 Å². The van der Waals surface area contributed by atoms with E-state index in [2.05, 4.69) is 42.5 Å². The zero-order valence-corrected chi connectivity index (χ0v) is 15.3. The maximum absolute atomic E-state index is 11.7. The highest BCUT2D eigenvalue weighted by atomic mass is 32.2. The Kier molecular flexibility index (Phi) is 3.94. The van der Waals surface area contributed by atoms with Gasteiger partial charge >= 0.3 is 0 Å². The smallest absolute Gasteiger partial charge is 0.175 e. The van der Waals surface area contributed by atoms with Gasteiger partial charge in [-0.3, -0.25) is 0 Å². The fraction of sp³-hybridized carbons (Fsp3) is 0.0476. The Morgan fingerprint density at radius 2 is 1.40 bits per heavy atom. The molecule has 0 N–H and O–H groups in total. The van der Waals surface area contributed by atoms with E-state index in [1.165, 1.54) is 21.2 Å². The fourth-order valence-electron chi connectivity index (χ4n) is 2.95. The van der Waals surface area contributed by atoms with Crippen LogP contribution in [0.3, 0.4) is 0 Å². The molecule has 1 aromatic heterocycles. The summed E-state index contributed by atoms with van der Waals surface area (Å²) in [7, 11) is -3.18. The van der Waals surface area contributed by atoms with Crippen LogP contribution in [0, 0.1) is 0 Å². The van der Waals surface area contributed by atoms with Gasteiger partial charge in [0, 0.05) is 15.8 Å². The molecule has 3 aromatic carbocycles. The lowest BCUT2D eigenvalue weighted by Gasteiger charge is -2.09. The van der Waals surface area contributed by atoms with E-state index in [4.69, 9.17) is 0 Å². The highest BCUT2D eigenvalue weighted by Gasteiger charge is 2.12. The molecule has 4 heteroatoms. The molecule has 4 aromatic rings. The molecular weight excluding hydrogens is 348 g/mol. The minimum Gasteiger partial charge on any atom is -0.224 e. The third kappa shape index (κ3) is 3.11. The zero-order valence-electron chi connectivity index (χ0n) is 13.6. The molecule has 0 bridgehead atoms. The van der Waals surface area contributed by atoms with Gasteiger partial charge in [0.2, 0.25) is 0 Å². The normalized spacial score (nSPS) is 11.7. The average Bonchev–Trinajstić information content (AvgIpc) is 3.05. The lowest BCUT2D eigenvalue weighted by molar-refractivity contribution is 0.602. The summed E-state index contributed by atoms with van der Waals surface area (Å²) in [6.45, 7) is 0. The molecule has 0 radical (unpaired) electrons. The predicted octanol–water partition coefficient (Wildman–Crippen LogP) is 5.64. The standard InChI is InChI=1S/C21H16O2S2/c1-25(22,23)17-12-10-15(11-13-17)18-7-3-4-8-19(18)21-14-16-6-2-5-9-20(16)24-21/h2-14H,1H3. The van der Waals surface area contributed by atoms with E-state index in [-0.39, 0.29) is 0 Å². The van der Waals surface area contributed by atoms with Gasteiger partial charge < -0.3 is 0 Å². The second kappa shape index (κ2) is 6.14. The van der Waals surface area contributed by atoms with E-state index in [0.29, 0.717) is 4.90 Å². The van der Waals surface area contributed by atoms with Gasteiger partial charge in [0.25, 0.3) is 0 Å². The van der Waals surface area contributed by atoms with Crippen molar-refractivity contribution in [3.05, 3.63) is 78.9 Å². The monoisotopic (exact) mass is 364 g/mol. The SMILES string of the molecule is CS(=O)(=O)c1ccc(-c2ccccc2-c2cc3ccccc3s2)cc1. The molecule has 0 saturated carbocycles. The summed E-state index contributed by atoms with van der Waals surface area (Å²) >= 11 is 1.77. The summed E-state index contributed by atoms with van der Waals surface area (Å²) in [6.07, 6.45) is 1.23. The Labute approximate surface area is 151 Å². The minimum atomic E-state index is -3.18. The molecule has 2 nitrogen and oxygen atoms in total. The predicted molar refractivity (Wildman–Crippen MR) is 106 cm³/mol. The molecule has 0 aliphatic carbocycles. The van der Waals surface area contributed by atoms with Crippen LogP contribution in [0.5, 0.6) is 0 Å². The molecular formula is C21H16O2S2. The molecule has 0 unspecified atom stereocenters. The molecule has 0 spiro atoms. The van der Waals surface area contributed by atoms with Crippen molar-refractivity contribution in [1.29, 1.82) is 0 Å². The second-order valence-corrected chi connectivity index (χ2v) is 9.09. The van der Waals surface area contributed by atoms with E-state index >= 15 is 0 Å². The van der Waals surface area contributed by atoms with Gasteiger partial charge in [0.15, 0.2) is 9.84 Å². The van der Waals surface area contributed by atoms with Crippen molar-refractivity contribution in [2.45, 2.75) is 4.90 Å². The zero-order chi connectivity index (χ0) is 17.4. The van der Waals surface area contributed by atoms with Gasteiger partial charge in [0.1, 0.15) is 0 Å². The molecule has 0 aliphatic rings. The summed E-state index contributed by atoms with van der Waals surface area (Å²) in [6, 6.07) is 25.9. The third-order valence-corrected chi connectivity index (χ3v) is 6.49. The van der Waals surface area contributed by atoms with Crippen LogP contribution in [-0.4, -0.2) is 14.7 Å². The maximum atomic E-state index is 11.7. The Balaban J connectivity index is 1.84. The first-order chi connectivity index (χ1) is 12.0. The summed E-state index contributed by atoms with van der Waals surface area (Å²) in [4.78, 5) is 1.56. The molecule has 25 heavy (non-hydrogen) atoms. The Hall–Kier alpha value is -2.43. The Bertz CT molecular complexity index is 1120. The molecule has 4 rings (SSSR count). The lowest BCUT2D eigenvalue weighted by Crippen LogP contribution is -1.96. The van der Waals surface area contributed by atoms with Crippen molar-refractivity contribution in [2.24, 2.45) is 0 Å². The van der Waals surface area contributed by atoms with E-state index in [1.54, 1.807) is 23.5 Å². The Morgan fingerprint density at radius 1 is 0.760 bits per heavy atom. The van der Waals surface area contributed by atoms with Crippen molar-refractivity contribution >= 4 is 31.3 Å². The van der Waals surface area contributed by atoms with Gasteiger partial charge in [-0.1, -0.05) is 54.6 Å². The van der Waals surface area contributed by atoms with E-state index in [0.717, 1.165) is 16.7 Å². The first-order valence-electron chi connectivity index (χ1n) is 7.91. The number of thiophene rings is 1. The first kappa shape index (κ1) is 16.1. The topological polar surface area (TPSA) is 34.1 Å². The van der Waals surface area contributed by atoms with Crippen LogP contribution >= 0.6 is 11.3 Å². The highest BCUT2D eigenvalue weighted by molar-refractivity contribution is 7.90. The Morgan fingerprint density at radius 3 is 2.08 bits per heavy atom. The van der Waals surface area contributed by atoms with Crippen LogP contribution in [0.2, 0.25) is 0 Å². The molecule has 0 amide bonds. The number of rotatable bonds is 3. The van der Waals surface area contributed by atoms with E-state index in [1.807, 2.05) is 24.3 Å². The molecule has 124 valence electrons. The number of fused-ring (bicyclic) bond motifs is 1. The van der Waals surface area contributed by atoms with Gasteiger partial charge in [0.05, 0.1) is 4.90 Å². The summed E-state index contributed by atoms with van der Waals surface area (Å²) in [5.41, 5.74) is 3.28. The van der Waals surface area contributed by atoms with Crippen LogP contribution in [0.4, 0.5) is 0 Å². The quantitative estimate of drug-likeness (QED) is 0.471. The van der Waals surface area contributed by atoms with Gasteiger partial charge in [-0.15, -0.1) is 11.3 Å². The fourth-order valence-corrected chi connectivity index (χ4v) is 4.68.